The largest absolute Gasteiger partial charge is 0.309 e. The maximum absolute atomic E-state index is 11.5. The van der Waals surface area contributed by atoms with Crippen molar-refractivity contribution in [3.8, 4) is 0 Å². The number of rotatable bonds is 7. The molecule has 108 valence electrons. The summed E-state index contributed by atoms with van der Waals surface area (Å²) in [4.78, 5) is 0. The van der Waals surface area contributed by atoms with Gasteiger partial charge in [-0.25, -0.2) is 8.42 Å². The van der Waals surface area contributed by atoms with Gasteiger partial charge in [0, 0.05) is 18.3 Å². The molecule has 0 heterocycles. The van der Waals surface area contributed by atoms with Gasteiger partial charge in [0.25, 0.3) is 0 Å². The highest BCUT2D eigenvalue weighted by Crippen LogP contribution is 2.14. The Bertz CT molecular complexity index is 477. The molecule has 0 fully saturated rings. The van der Waals surface area contributed by atoms with E-state index in [0.29, 0.717) is 12.5 Å². The SMILES string of the molecule is CCS(=O)(=O)CC(C)NCc1ccc(C(C)C)cc1. The molecule has 1 rings (SSSR count). The first-order chi connectivity index (χ1) is 8.84. The summed E-state index contributed by atoms with van der Waals surface area (Å²) >= 11 is 0. The van der Waals surface area contributed by atoms with Crippen LogP contribution in [0.4, 0.5) is 0 Å². The molecule has 0 saturated heterocycles. The van der Waals surface area contributed by atoms with E-state index in [-0.39, 0.29) is 17.5 Å². The predicted molar refractivity (Wildman–Crippen MR) is 81.2 cm³/mol. The minimum atomic E-state index is -2.90. The minimum absolute atomic E-state index is 0.0188. The Morgan fingerprint density at radius 1 is 1.11 bits per heavy atom. The van der Waals surface area contributed by atoms with Crippen molar-refractivity contribution in [2.75, 3.05) is 11.5 Å². The van der Waals surface area contributed by atoms with E-state index in [9.17, 15) is 8.42 Å². The second-order valence-electron chi connectivity index (χ2n) is 5.38. The van der Waals surface area contributed by atoms with E-state index in [1.54, 1.807) is 6.92 Å². The summed E-state index contributed by atoms with van der Waals surface area (Å²) in [6, 6.07) is 8.45. The van der Waals surface area contributed by atoms with Gasteiger partial charge in [-0.05, 0) is 24.0 Å². The molecular formula is C15H25NO2S. The quantitative estimate of drug-likeness (QED) is 0.837. The molecule has 0 aliphatic rings. The molecular weight excluding hydrogens is 258 g/mol. The van der Waals surface area contributed by atoms with Gasteiger partial charge in [0.05, 0.1) is 5.75 Å². The first-order valence-electron chi connectivity index (χ1n) is 6.86. The lowest BCUT2D eigenvalue weighted by molar-refractivity contribution is 0.557. The third-order valence-electron chi connectivity index (χ3n) is 3.24. The molecule has 1 aromatic rings. The molecule has 0 aliphatic heterocycles. The van der Waals surface area contributed by atoms with Crippen LogP contribution in [-0.4, -0.2) is 26.0 Å². The summed E-state index contributed by atoms with van der Waals surface area (Å²) in [5, 5.41) is 3.26. The number of hydrogen-bond donors (Lipinski definition) is 1. The van der Waals surface area contributed by atoms with Gasteiger partial charge in [-0.1, -0.05) is 45.0 Å². The molecule has 4 heteroatoms. The molecule has 0 radical (unpaired) electrons. The molecule has 0 aliphatic carbocycles. The summed E-state index contributed by atoms with van der Waals surface area (Å²) in [6.45, 7) is 8.65. The Morgan fingerprint density at radius 2 is 1.68 bits per heavy atom. The molecule has 1 aromatic carbocycles. The first kappa shape index (κ1) is 16.2. The fourth-order valence-electron chi connectivity index (χ4n) is 1.87. The maximum atomic E-state index is 11.5. The molecule has 19 heavy (non-hydrogen) atoms. The third-order valence-corrected chi connectivity index (χ3v) is 5.13. The lowest BCUT2D eigenvalue weighted by Gasteiger charge is -2.14. The fourth-order valence-corrected chi connectivity index (χ4v) is 2.99. The highest BCUT2D eigenvalue weighted by atomic mass is 32.2. The third kappa shape index (κ3) is 5.74. The highest BCUT2D eigenvalue weighted by Gasteiger charge is 2.12. The Morgan fingerprint density at radius 3 is 2.16 bits per heavy atom. The Labute approximate surface area is 117 Å². The van der Waals surface area contributed by atoms with Crippen molar-refractivity contribution >= 4 is 9.84 Å². The van der Waals surface area contributed by atoms with Crippen LogP contribution in [-0.2, 0) is 16.4 Å². The lowest BCUT2D eigenvalue weighted by Crippen LogP contribution is -2.33. The Kier molecular flexibility index (Phi) is 6.01. The Hall–Kier alpha value is -0.870. The van der Waals surface area contributed by atoms with Crippen LogP contribution < -0.4 is 5.32 Å². The normalized spacial score (nSPS) is 13.7. The van der Waals surface area contributed by atoms with E-state index in [0.717, 1.165) is 0 Å². The number of hydrogen-bond acceptors (Lipinski definition) is 3. The maximum Gasteiger partial charge on any atom is 0.151 e. The van der Waals surface area contributed by atoms with Crippen LogP contribution in [0, 0.1) is 0 Å². The molecule has 0 bridgehead atoms. The van der Waals surface area contributed by atoms with Gasteiger partial charge in [0.2, 0.25) is 0 Å². The molecule has 1 atom stereocenters. The van der Waals surface area contributed by atoms with Crippen LogP contribution in [0.25, 0.3) is 0 Å². The summed E-state index contributed by atoms with van der Waals surface area (Å²) < 4.78 is 23.0. The second-order valence-corrected chi connectivity index (χ2v) is 7.77. The molecule has 1 unspecified atom stereocenters. The zero-order valence-electron chi connectivity index (χ0n) is 12.3. The minimum Gasteiger partial charge on any atom is -0.309 e. The van der Waals surface area contributed by atoms with Gasteiger partial charge in [0.15, 0.2) is 9.84 Å². The van der Waals surface area contributed by atoms with Gasteiger partial charge >= 0.3 is 0 Å². The molecule has 0 saturated carbocycles. The van der Waals surface area contributed by atoms with Crippen LogP contribution in [0.5, 0.6) is 0 Å². The molecule has 0 amide bonds. The standard InChI is InChI=1S/C15H25NO2S/c1-5-19(17,18)11-13(4)16-10-14-6-8-15(9-7-14)12(2)3/h6-9,12-13,16H,5,10-11H2,1-4H3. The van der Waals surface area contributed by atoms with E-state index >= 15 is 0 Å². The molecule has 0 aromatic heterocycles. The number of benzene rings is 1. The van der Waals surface area contributed by atoms with Crippen LogP contribution in [0.3, 0.4) is 0 Å². The van der Waals surface area contributed by atoms with Crippen molar-refractivity contribution in [3.05, 3.63) is 35.4 Å². The number of nitrogens with one attached hydrogen (secondary N) is 1. The molecule has 0 spiro atoms. The molecule has 3 nitrogen and oxygen atoms in total. The lowest BCUT2D eigenvalue weighted by atomic mass is 10.0. The van der Waals surface area contributed by atoms with Crippen molar-refractivity contribution in [1.82, 2.24) is 5.32 Å². The van der Waals surface area contributed by atoms with E-state index in [4.69, 9.17) is 0 Å². The smallest absolute Gasteiger partial charge is 0.151 e. The second kappa shape index (κ2) is 7.06. The van der Waals surface area contributed by atoms with Crippen molar-refractivity contribution in [2.45, 2.75) is 46.2 Å². The summed E-state index contributed by atoms with van der Waals surface area (Å²) in [6.07, 6.45) is 0. The topological polar surface area (TPSA) is 46.2 Å². The van der Waals surface area contributed by atoms with Gasteiger partial charge in [-0.15, -0.1) is 0 Å². The van der Waals surface area contributed by atoms with Gasteiger partial charge in [-0.3, -0.25) is 0 Å². The average Bonchev–Trinajstić information content (AvgIpc) is 2.36. The van der Waals surface area contributed by atoms with Crippen LogP contribution >= 0.6 is 0 Å². The van der Waals surface area contributed by atoms with Crippen molar-refractivity contribution in [1.29, 1.82) is 0 Å². The van der Waals surface area contributed by atoms with Crippen molar-refractivity contribution in [2.24, 2.45) is 0 Å². The van der Waals surface area contributed by atoms with Crippen LogP contribution in [0.15, 0.2) is 24.3 Å². The van der Waals surface area contributed by atoms with Gasteiger partial charge in [-0.2, -0.15) is 0 Å². The Balaban J connectivity index is 2.48. The van der Waals surface area contributed by atoms with Crippen LogP contribution in [0.1, 0.15) is 44.7 Å². The predicted octanol–water partition coefficient (Wildman–Crippen LogP) is 2.72. The summed E-state index contributed by atoms with van der Waals surface area (Å²) in [7, 11) is -2.90. The number of sulfone groups is 1. The molecule has 1 N–H and O–H groups in total. The summed E-state index contributed by atoms with van der Waals surface area (Å²) in [5.74, 6) is 0.950. The zero-order valence-corrected chi connectivity index (χ0v) is 13.1. The monoisotopic (exact) mass is 283 g/mol. The van der Waals surface area contributed by atoms with Crippen LogP contribution in [0.2, 0.25) is 0 Å². The van der Waals surface area contributed by atoms with E-state index in [1.165, 1.54) is 11.1 Å². The van der Waals surface area contributed by atoms with Crippen molar-refractivity contribution < 1.29 is 8.42 Å². The summed E-state index contributed by atoms with van der Waals surface area (Å²) in [5.41, 5.74) is 2.51. The first-order valence-corrected chi connectivity index (χ1v) is 8.69. The van der Waals surface area contributed by atoms with Crippen molar-refractivity contribution in [3.63, 3.8) is 0 Å². The fraction of sp³-hybridized carbons (Fsp3) is 0.600. The van der Waals surface area contributed by atoms with Gasteiger partial charge in [0.1, 0.15) is 0 Å². The average molecular weight is 283 g/mol. The highest BCUT2D eigenvalue weighted by molar-refractivity contribution is 7.91. The van der Waals surface area contributed by atoms with E-state index in [2.05, 4.69) is 43.4 Å². The van der Waals surface area contributed by atoms with E-state index in [1.807, 2.05) is 6.92 Å². The van der Waals surface area contributed by atoms with E-state index < -0.39 is 9.84 Å². The van der Waals surface area contributed by atoms with Gasteiger partial charge < -0.3 is 5.32 Å². The zero-order chi connectivity index (χ0) is 14.5.